The Labute approximate surface area is 184 Å². The predicted octanol–water partition coefficient (Wildman–Crippen LogP) is 4.21. The van der Waals surface area contributed by atoms with Crippen LogP contribution in [0.15, 0.2) is 55.0 Å². The van der Waals surface area contributed by atoms with Gasteiger partial charge in [-0.3, -0.25) is 4.68 Å². The molecule has 2 aromatic heterocycles. The number of ether oxygens (including phenoxy) is 3. The molecule has 32 heavy (non-hydrogen) atoms. The summed E-state index contributed by atoms with van der Waals surface area (Å²) in [5, 5.41) is 5.43. The summed E-state index contributed by atoms with van der Waals surface area (Å²) in [4.78, 5) is 9.00. The third kappa shape index (κ3) is 3.78. The third-order valence-electron chi connectivity index (χ3n) is 5.56. The fourth-order valence-electron chi connectivity index (χ4n) is 3.98. The number of fused-ring (bicyclic) bond motifs is 1. The van der Waals surface area contributed by atoms with Gasteiger partial charge in [-0.25, -0.2) is 14.4 Å². The smallest absolute Gasteiger partial charge is 0.162 e. The van der Waals surface area contributed by atoms with E-state index >= 15 is 0 Å². The van der Waals surface area contributed by atoms with E-state index in [0.717, 1.165) is 27.9 Å². The number of aromatic nitrogens is 4. The average molecular weight is 434 g/mol. The van der Waals surface area contributed by atoms with Crippen molar-refractivity contribution in [3.05, 3.63) is 55.0 Å². The Balaban J connectivity index is 1.64. The predicted molar refractivity (Wildman–Crippen MR) is 118 cm³/mol. The summed E-state index contributed by atoms with van der Waals surface area (Å²) >= 11 is 0. The molecule has 8 heteroatoms. The van der Waals surface area contributed by atoms with Gasteiger partial charge in [0.15, 0.2) is 17.7 Å². The Kier molecular flexibility index (Phi) is 5.45. The van der Waals surface area contributed by atoms with Crippen LogP contribution < -0.4 is 9.47 Å². The number of methoxy groups -OCH3 is 1. The second-order valence-corrected chi connectivity index (χ2v) is 7.71. The van der Waals surface area contributed by atoms with Crippen molar-refractivity contribution in [3.63, 3.8) is 0 Å². The lowest BCUT2D eigenvalue weighted by Crippen LogP contribution is -2.37. The highest BCUT2D eigenvalue weighted by Gasteiger charge is 2.28. The molecule has 0 aliphatic carbocycles. The Bertz CT molecular complexity index is 1240. The maximum absolute atomic E-state index is 14.3. The molecule has 0 spiro atoms. The zero-order chi connectivity index (χ0) is 22.1. The number of hydrogen-bond acceptors (Lipinski definition) is 6. The van der Waals surface area contributed by atoms with E-state index in [-0.39, 0.29) is 6.61 Å². The molecule has 2 aromatic carbocycles. The molecular weight excluding hydrogens is 411 g/mol. The van der Waals surface area contributed by atoms with Crippen LogP contribution in [0, 0.1) is 0 Å². The largest absolute Gasteiger partial charge is 0.493 e. The summed E-state index contributed by atoms with van der Waals surface area (Å²) in [5.74, 6) is 0.950. The molecule has 0 unspecified atom stereocenters. The van der Waals surface area contributed by atoms with Crippen molar-refractivity contribution in [2.45, 2.75) is 18.7 Å². The summed E-state index contributed by atoms with van der Waals surface area (Å²) in [5.41, 5.74) is 4.10. The molecule has 164 valence electrons. The van der Waals surface area contributed by atoms with E-state index in [9.17, 15) is 4.39 Å². The summed E-state index contributed by atoms with van der Waals surface area (Å²) in [6, 6.07) is 13.6. The topological polar surface area (TPSA) is 71.3 Å². The molecule has 1 aliphatic rings. The second kappa shape index (κ2) is 8.55. The van der Waals surface area contributed by atoms with E-state index in [4.69, 9.17) is 14.2 Å². The van der Waals surface area contributed by atoms with Crippen molar-refractivity contribution >= 4 is 10.9 Å². The van der Waals surface area contributed by atoms with E-state index < -0.39 is 12.3 Å². The van der Waals surface area contributed by atoms with Crippen LogP contribution in [-0.4, -0.2) is 52.3 Å². The van der Waals surface area contributed by atoms with Crippen LogP contribution in [0.3, 0.4) is 0 Å². The molecule has 0 radical (unpaired) electrons. The van der Waals surface area contributed by atoms with Gasteiger partial charge < -0.3 is 14.2 Å². The molecule has 4 aromatic rings. The molecule has 5 rings (SSSR count). The van der Waals surface area contributed by atoms with Gasteiger partial charge in [-0.1, -0.05) is 30.3 Å². The molecule has 0 amide bonds. The van der Waals surface area contributed by atoms with Gasteiger partial charge in [0.25, 0.3) is 0 Å². The second-order valence-electron chi connectivity index (χ2n) is 7.71. The number of aryl methyl sites for hydroxylation is 1. The summed E-state index contributed by atoms with van der Waals surface area (Å²) in [6.45, 7) is 0.497. The van der Waals surface area contributed by atoms with Crippen molar-refractivity contribution in [2.75, 3.05) is 20.3 Å². The van der Waals surface area contributed by atoms with Crippen molar-refractivity contribution in [1.29, 1.82) is 0 Å². The number of benzene rings is 2. The number of rotatable bonds is 5. The van der Waals surface area contributed by atoms with Gasteiger partial charge in [-0.15, -0.1) is 0 Å². The number of hydrogen-bond donors (Lipinski definition) is 0. The molecule has 1 aliphatic heterocycles. The Hall–Kier alpha value is -3.52. The van der Waals surface area contributed by atoms with Gasteiger partial charge in [0, 0.05) is 42.2 Å². The molecule has 3 heterocycles. The molecule has 2 atom stereocenters. The molecule has 7 nitrogen and oxygen atoms in total. The van der Waals surface area contributed by atoms with Crippen molar-refractivity contribution in [2.24, 2.45) is 7.05 Å². The van der Waals surface area contributed by atoms with Crippen LogP contribution in [0.25, 0.3) is 33.4 Å². The fourth-order valence-corrected chi connectivity index (χ4v) is 3.98. The van der Waals surface area contributed by atoms with Crippen LogP contribution in [0.4, 0.5) is 4.39 Å². The first-order chi connectivity index (χ1) is 15.6. The maximum atomic E-state index is 14.3. The van der Waals surface area contributed by atoms with E-state index in [1.165, 1.54) is 6.33 Å². The molecular formula is C24H23FN4O3. The van der Waals surface area contributed by atoms with Crippen LogP contribution >= 0.6 is 0 Å². The number of nitrogens with zero attached hydrogens (tertiary/aromatic N) is 4. The minimum Gasteiger partial charge on any atom is -0.493 e. The van der Waals surface area contributed by atoms with Crippen LogP contribution in [0.1, 0.15) is 6.42 Å². The van der Waals surface area contributed by atoms with Crippen LogP contribution in [0.5, 0.6) is 11.5 Å². The van der Waals surface area contributed by atoms with E-state index in [1.807, 2.05) is 49.6 Å². The third-order valence-corrected chi connectivity index (χ3v) is 5.56. The first kappa shape index (κ1) is 20.4. The maximum Gasteiger partial charge on any atom is 0.162 e. The normalized spacial score (nSPS) is 18.6. The van der Waals surface area contributed by atoms with Gasteiger partial charge in [-0.05, 0) is 6.07 Å². The van der Waals surface area contributed by atoms with Crippen LogP contribution in [-0.2, 0) is 11.8 Å². The molecule has 0 bridgehead atoms. The molecule has 1 saturated heterocycles. The number of alkyl halides is 1. The summed E-state index contributed by atoms with van der Waals surface area (Å²) < 4.78 is 32.9. The first-order valence-corrected chi connectivity index (χ1v) is 10.4. The fraction of sp³-hybridized carbons (Fsp3) is 0.292. The van der Waals surface area contributed by atoms with E-state index in [2.05, 4.69) is 15.1 Å². The van der Waals surface area contributed by atoms with Gasteiger partial charge in [-0.2, -0.15) is 5.10 Å². The zero-order valence-electron chi connectivity index (χ0n) is 17.9. The minimum absolute atomic E-state index is 0.0328. The van der Waals surface area contributed by atoms with Crippen molar-refractivity contribution < 1.29 is 18.6 Å². The quantitative estimate of drug-likeness (QED) is 0.469. The van der Waals surface area contributed by atoms with Gasteiger partial charge in [0.05, 0.1) is 31.5 Å². The molecule has 0 saturated carbocycles. The summed E-state index contributed by atoms with van der Waals surface area (Å²) in [6.07, 6.45) is 2.14. The highest BCUT2D eigenvalue weighted by atomic mass is 19.1. The van der Waals surface area contributed by atoms with Crippen molar-refractivity contribution in [3.8, 4) is 34.0 Å². The number of halogens is 1. The summed E-state index contributed by atoms with van der Waals surface area (Å²) in [7, 11) is 3.44. The SMILES string of the molecule is COc1cc2ncnc(-c3cn(C)nc3-c3ccccc3)c2cc1O[C@H]1CCOC[C@@H]1F. The Morgan fingerprint density at radius 3 is 2.72 bits per heavy atom. The lowest BCUT2D eigenvalue weighted by molar-refractivity contribution is -0.0388. The highest BCUT2D eigenvalue weighted by molar-refractivity contribution is 5.97. The zero-order valence-corrected chi connectivity index (χ0v) is 17.9. The molecule has 1 fully saturated rings. The van der Waals surface area contributed by atoms with Gasteiger partial charge >= 0.3 is 0 Å². The minimum atomic E-state index is -1.20. The van der Waals surface area contributed by atoms with Gasteiger partial charge in [0.1, 0.15) is 18.1 Å². The lowest BCUT2D eigenvalue weighted by Gasteiger charge is -2.27. The monoisotopic (exact) mass is 434 g/mol. The van der Waals surface area contributed by atoms with E-state index in [0.29, 0.717) is 30.0 Å². The Morgan fingerprint density at radius 2 is 1.94 bits per heavy atom. The van der Waals surface area contributed by atoms with E-state index in [1.54, 1.807) is 17.9 Å². The lowest BCUT2D eigenvalue weighted by atomic mass is 10.0. The highest BCUT2D eigenvalue weighted by Crippen LogP contribution is 2.39. The Morgan fingerprint density at radius 1 is 1.09 bits per heavy atom. The first-order valence-electron chi connectivity index (χ1n) is 10.4. The van der Waals surface area contributed by atoms with Gasteiger partial charge in [0.2, 0.25) is 0 Å². The van der Waals surface area contributed by atoms with Crippen LogP contribution in [0.2, 0.25) is 0 Å². The average Bonchev–Trinajstić information content (AvgIpc) is 3.21. The molecule has 0 N–H and O–H groups in total. The standard InChI is InChI=1S/C24H23FN4O3/c1-29-12-17(23(28-29)15-6-4-3-5-7-15)24-16-10-22(32-20-8-9-31-13-18(20)25)21(30-2)11-19(16)26-14-27-24/h3-7,10-12,14,18,20H,8-9,13H2,1-2H3/t18-,20-/m0/s1. The van der Waals surface area contributed by atoms with Crippen molar-refractivity contribution in [1.82, 2.24) is 19.7 Å².